The molecular formula is C21H28N4O3S. The minimum absolute atomic E-state index is 0.101. The number of aromatic nitrogens is 2. The van der Waals surface area contributed by atoms with Crippen molar-refractivity contribution in [3.63, 3.8) is 0 Å². The third kappa shape index (κ3) is 3.83. The van der Waals surface area contributed by atoms with Crippen LogP contribution < -0.4 is 9.64 Å². The van der Waals surface area contributed by atoms with Crippen LogP contribution in [0.3, 0.4) is 0 Å². The summed E-state index contributed by atoms with van der Waals surface area (Å²) in [6, 6.07) is 6.25. The fraction of sp³-hybridized carbons (Fsp3) is 0.524. The fourth-order valence-electron chi connectivity index (χ4n) is 4.20. The summed E-state index contributed by atoms with van der Waals surface area (Å²) in [5, 5.41) is 5.05. The van der Waals surface area contributed by atoms with Crippen LogP contribution in [0, 0.1) is 0 Å². The Hall–Kier alpha value is -2.19. The van der Waals surface area contributed by atoms with Crippen LogP contribution in [0.2, 0.25) is 0 Å². The van der Waals surface area contributed by atoms with Crippen molar-refractivity contribution >= 4 is 30.0 Å². The lowest BCUT2D eigenvalue weighted by molar-refractivity contribution is -0.129. The van der Waals surface area contributed by atoms with Gasteiger partial charge in [-0.15, -0.1) is 12.6 Å². The van der Waals surface area contributed by atoms with Gasteiger partial charge in [-0.3, -0.25) is 9.48 Å². The Morgan fingerprint density at radius 1 is 1.34 bits per heavy atom. The molecule has 8 heteroatoms. The van der Waals surface area contributed by atoms with E-state index in [1.54, 1.807) is 14.0 Å². The molecule has 4 rings (SSSR count). The first-order valence-corrected chi connectivity index (χ1v) is 10.5. The Bertz CT molecular complexity index is 908. The largest absolute Gasteiger partial charge is 0.496 e. The van der Waals surface area contributed by atoms with E-state index in [4.69, 9.17) is 14.6 Å². The predicted molar refractivity (Wildman–Crippen MR) is 114 cm³/mol. The number of thiol groups is 1. The zero-order valence-corrected chi connectivity index (χ0v) is 18.1. The number of methoxy groups -OCH3 is 1. The van der Waals surface area contributed by atoms with Crippen LogP contribution in [0.1, 0.15) is 37.1 Å². The summed E-state index contributed by atoms with van der Waals surface area (Å²) in [5.41, 5.74) is 3.35. The van der Waals surface area contributed by atoms with Crippen molar-refractivity contribution in [3.8, 4) is 5.75 Å². The van der Waals surface area contributed by atoms with Crippen molar-refractivity contribution in [1.82, 2.24) is 14.7 Å². The lowest BCUT2D eigenvalue weighted by atomic mass is 10.0. The first kappa shape index (κ1) is 20.1. The number of hydrogen-bond acceptors (Lipinski definition) is 6. The highest BCUT2D eigenvalue weighted by molar-refractivity contribution is 7.80. The SMILES string of the molecule is COc1cc(N(C)c2nn(C3CCOCC3)c3c2CN(C(C)=O)CC3)ccc1S. The molecule has 1 aromatic heterocycles. The fourth-order valence-corrected chi connectivity index (χ4v) is 4.43. The number of benzene rings is 1. The van der Waals surface area contributed by atoms with Crippen LogP contribution in [0.15, 0.2) is 23.1 Å². The Kier molecular flexibility index (Phi) is 5.74. The smallest absolute Gasteiger partial charge is 0.219 e. The first-order chi connectivity index (χ1) is 14.0. The zero-order chi connectivity index (χ0) is 20.5. The summed E-state index contributed by atoms with van der Waals surface area (Å²) in [6.45, 7) is 4.50. The molecule has 2 aliphatic rings. The number of amides is 1. The molecule has 2 aromatic rings. The summed E-state index contributed by atoms with van der Waals surface area (Å²) >= 11 is 4.45. The number of nitrogens with zero attached hydrogens (tertiary/aromatic N) is 4. The van der Waals surface area contributed by atoms with E-state index in [2.05, 4.69) is 22.2 Å². The molecule has 2 aliphatic heterocycles. The molecule has 0 bridgehead atoms. The number of carbonyl (C=O) groups excluding carboxylic acids is 1. The van der Waals surface area contributed by atoms with Crippen molar-refractivity contribution < 1.29 is 14.3 Å². The number of hydrogen-bond donors (Lipinski definition) is 1. The van der Waals surface area contributed by atoms with Gasteiger partial charge in [0.2, 0.25) is 5.91 Å². The van der Waals surface area contributed by atoms with Gasteiger partial charge in [-0.25, -0.2) is 0 Å². The van der Waals surface area contributed by atoms with Gasteiger partial charge in [-0.1, -0.05) is 0 Å². The summed E-state index contributed by atoms with van der Waals surface area (Å²) in [7, 11) is 3.65. The van der Waals surface area contributed by atoms with E-state index >= 15 is 0 Å². The lowest BCUT2D eigenvalue weighted by Crippen LogP contribution is -2.35. The first-order valence-electron chi connectivity index (χ1n) is 10.0. The molecule has 1 amide bonds. The molecule has 1 fully saturated rings. The molecule has 7 nitrogen and oxygen atoms in total. The van der Waals surface area contributed by atoms with E-state index in [0.717, 1.165) is 66.7 Å². The van der Waals surface area contributed by atoms with Gasteiger partial charge in [0, 0.05) is 68.1 Å². The van der Waals surface area contributed by atoms with Gasteiger partial charge in [-0.05, 0) is 25.0 Å². The molecule has 1 aromatic carbocycles. The van der Waals surface area contributed by atoms with E-state index < -0.39 is 0 Å². The number of rotatable bonds is 4. The quantitative estimate of drug-likeness (QED) is 0.776. The van der Waals surface area contributed by atoms with E-state index in [1.165, 1.54) is 5.69 Å². The monoisotopic (exact) mass is 416 g/mol. The standard InChI is InChI=1S/C21H28N4O3S/c1-14(26)24-9-6-18-17(13-24)21(22-25(18)15-7-10-28-11-8-15)23(2)16-4-5-20(29)19(12-16)27-3/h4-5,12,15,29H,6-11,13H2,1-3H3. The molecule has 29 heavy (non-hydrogen) atoms. The van der Waals surface area contributed by atoms with Gasteiger partial charge in [0.1, 0.15) is 5.75 Å². The van der Waals surface area contributed by atoms with Crippen LogP contribution in [-0.2, 0) is 22.5 Å². The topological polar surface area (TPSA) is 59.8 Å². The molecule has 0 radical (unpaired) electrons. The van der Waals surface area contributed by atoms with Gasteiger partial charge in [0.25, 0.3) is 0 Å². The summed E-state index contributed by atoms with van der Waals surface area (Å²) < 4.78 is 13.2. The third-order valence-electron chi connectivity index (χ3n) is 5.92. The van der Waals surface area contributed by atoms with Crippen LogP contribution in [0.4, 0.5) is 11.5 Å². The molecule has 0 saturated carbocycles. The third-order valence-corrected chi connectivity index (χ3v) is 6.28. The van der Waals surface area contributed by atoms with Crippen molar-refractivity contribution in [2.24, 2.45) is 0 Å². The second kappa shape index (κ2) is 8.28. The van der Waals surface area contributed by atoms with Gasteiger partial charge in [0.05, 0.1) is 19.7 Å². The number of fused-ring (bicyclic) bond motifs is 1. The Balaban J connectivity index is 1.75. The maximum Gasteiger partial charge on any atom is 0.219 e. The average Bonchev–Trinajstić information content (AvgIpc) is 3.13. The van der Waals surface area contributed by atoms with Crippen molar-refractivity contribution in [2.75, 3.05) is 38.8 Å². The summed E-state index contributed by atoms with van der Waals surface area (Å²) in [4.78, 5) is 16.8. The predicted octanol–water partition coefficient (Wildman–Crippen LogP) is 3.20. The van der Waals surface area contributed by atoms with Crippen LogP contribution >= 0.6 is 12.6 Å². The molecule has 0 spiro atoms. The Morgan fingerprint density at radius 2 is 2.10 bits per heavy atom. The van der Waals surface area contributed by atoms with Crippen molar-refractivity contribution in [1.29, 1.82) is 0 Å². The number of carbonyl (C=O) groups is 1. The van der Waals surface area contributed by atoms with Gasteiger partial charge < -0.3 is 19.3 Å². The molecule has 156 valence electrons. The van der Waals surface area contributed by atoms with Crippen LogP contribution in [0.25, 0.3) is 0 Å². The number of ether oxygens (including phenoxy) is 2. The molecule has 0 unspecified atom stereocenters. The van der Waals surface area contributed by atoms with Gasteiger partial charge >= 0.3 is 0 Å². The summed E-state index contributed by atoms with van der Waals surface area (Å²) in [5.74, 6) is 1.72. The molecule has 1 saturated heterocycles. The lowest BCUT2D eigenvalue weighted by Gasteiger charge is -2.29. The highest BCUT2D eigenvalue weighted by Crippen LogP contribution is 2.37. The van der Waals surface area contributed by atoms with Crippen molar-refractivity contribution in [2.45, 2.75) is 43.7 Å². The highest BCUT2D eigenvalue weighted by Gasteiger charge is 2.31. The Morgan fingerprint density at radius 3 is 2.79 bits per heavy atom. The number of anilines is 2. The van der Waals surface area contributed by atoms with E-state index in [1.807, 2.05) is 30.1 Å². The van der Waals surface area contributed by atoms with Crippen molar-refractivity contribution in [3.05, 3.63) is 29.5 Å². The van der Waals surface area contributed by atoms with E-state index in [9.17, 15) is 4.79 Å². The minimum atomic E-state index is 0.101. The minimum Gasteiger partial charge on any atom is -0.496 e. The normalized spacial score (nSPS) is 17.2. The maximum absolute atomic E-state index is 12.0. The highest BCUT2D eigenvalue weighted by atomic mass is 32.1. The van der Waals surface area contributed by atoms with Crippen LogP contribution in [0.5, 0.6) is 5.75 Å². The maximum atomic E-state index is 12.0. The van der Waals surface area contributed by atoms with Gasteiger partial charge in [0.15, 0.2) is 5.82 Å². The molecule has 0 atom stereocenters. The zero-order valence-electron chi connectivity index (χ0n) is 17.2. The second-order valence-electron chi connectivity index (χ2n) is 7.64. The van der Waals surface area contributed by atoms with Gasteiger partial charge in [-0.2, -0.15) is 5.10 Å². The van der Waals surface area contributed by atoms with E-state index in [-0.39, 0.29) is 5.91 Å². The molecule has 3 heterocycles. The average molecular weight is 417 g/mol. The van der Waals surface area contributed by atoms with Crippen LogP contribution in [-0.4, -0.2) is 54.5 Å². The molecule has 0 N–H and O–H groups in total. The Labute approximate surface area is 177 Å². The molecular weight excluding hydrogens is 388 g/mol. The second-order valence-corrected chi connectivity index (χ2v) is 8.12. The molecule has 0 aliphatic carbocycles. The summed E-state index contributed by atoms with van der Waals surface area (Å²) in [6.07, 6.45) is 2.76. The van der Waals surface area contributed by atoms with E-state index in [0.29, 0.717) is 12.6 Å².